The van der Waals surface area contributed by atoms with Crippen molar-refractivity contribution in [1.29, 1.82) is 0 Å². The predicted molar refractivity (Wildman–Crippen MR) is 125 cm³/mol. The van der Waals surface area contributed by atoms with E-state index < -0.39 is 5.69 Å². The minimum atomic E-state index is -0.423. The Bertz CT molecular complexity index is 1450. The van der Waals surface area contributed by atoms with Gasteiger partial charge in [-0.25, -0.2) is 13.9 Å². The predicted octanol–water partition coefficient (Wildman–Crippen LogP) is 3.08. The average Bonchev–Trinajstić information content (AvgIpc) is 3.05. The molecule has 0 fully saturated rings. The Labute approximate surface area is 193 Å². The molecule has 0 atom stereocenters. The third-order valence-electron chi connectivity index (χ3n) is 5.03. The lowest BCUT2D eigenvalue weighted by atomic mass is 10.2. The summed E-state index contributed by atoms with van der Waals surface area (Å²) in [5, 5.41) is 8.38. The van der Waals surface area contributed by atoms with Gasteiger partial charge in [0, 0.05) is 29.1 Å². The van der Waals surface area contributed by atoms with E-state index in [1.54, 1.807) is 30.3 Å². The maximum absolute atomic E-state index is 13.3. The Kier molecular flexibility index (Phi) is 6.08. The van der Waals surface area contributed by atoms with E-state index in [1.807, 2.05) is 19.9 Å². The topological polar surface area (TPSA) is 90.4 Å². The van der Waals surface area contributed by atoms with Crippen LogP contribution in [0.15, 0.2) is 52.1 Å². The van der Waals surface area contributed by atoms with Crippen molar-refractivity contribution in [3.8, 4) is 0 Å². The van der Waals surface area contributed by atoms with E-state index in [0.29, 0.717) is 15.6 Å². The maximum atomic E-state index is 13.3. The van der Waals surface area contributed by atoms with E-state index in [2.05, 4.69) is 10.4 Å². The highest BCUT2D eigenvalue weighted by molar-refractivity contribution is 6.31. The second-order valence-corrected chi connectivity index (χ2v) is 8.60. The smallest absolute Gasteiger partial charge is 0.352 e. The molecule has 0 bridgehead atoms. The molecule has 1 amide bonds. The summed E-state index contributed by atoms with van der Waals surface area (Å²) in [7, 11) is 0. The van der Waals surface area contributed by atoms with Gasteiger partial charge in [0.1, 0.15) is 0 Å². The molecule has 0 aliphatic carbocycles. The van der Waals surface area contributed by atoms with Gasteiger partial charge in [0.05, 0.1) is 17.4 Å². The molecule has 0 spiro atoms. The molecule has 4 rings (SSSR count). The van der Waals surface area contributed by atoms with Crippen LogP contribution in [-0.4, -0.2) is 30.7 Å². The van der Waals surface area contributed by atoms with Crippen LogP contribution in [0.3, 0.4) is 0 Å². The zero-order valence-electron chi connectivity index (χ0n) is 17.5. The molecule has 10 heteroatoms. The number of halogens is 2. The number of nitrogens with one attached hydrogen (secondary N) is 1. The van der Waals surface area contributed by atoms with E-state index in [9.17, 15) is 14.4 Å². The number of nitrogens with zero attached hydrogens (tertiary/aromatic N) is 4. The van der Waals surface area contributed by atoms with Gasteiger partial charge in [-0.05, 0) is 43.7 Å². The molecule has 0 saturated carbocycles. The number of amides is 1. The van der Waals surface area contributed by atoms with Crippen molar-refractivity contribution in [3.63, 3.8) is 0 Å². The highest BCUT2D eigenvalue weighted by Gasteiger charge is 2.19. The molecule has 2 aromatic heterocycles. The number of aromatic nitrogens is 4. The van der Waals surface area contributed by atoms with Crippen molar-refractivity contribution in [2.75, 3.05) is 0 Å². The van der Waals surface area contributed by atoms with Crippen LogP contribution in [-0.2, 0) is 17.9 Å². The molecule has 0 radical (unpaired) electrons. The van der Waals surface area contributed by atoms with Crippen LogP contribution in [0.2, 0.25) is 10.0 Å². The number of aryl methyl sites for hydroxylation is 1. The molecule has 1 N–H and O–H groups in total. The molecular weight excluding hydrogens is 453 g/mol. The van der Waals surface area contributed by atoms with Gasteiger partial charge < -0.3 is 5.32 Å². The number of hydrogen-bond donors (Lipinski definition) is 1. The van der Waals surface area contributed by atoms with Crippen LogP contribution in [0.25, 0.3) is 16.7 Å². The van der Waals surface area contributed by atoms with Gasteiger partial charge in [-0.1, -0.05) is 41.4 Å². The van der Waals surface area contributed by atoms with Crippen LogP contribution < -0.4 is 16.6 Å². The Morgan fingerprint density at radius 3 is 2.59 bits per heavy atom. The Morgan fingerprint density at radius 1 is 1.12 bits per heavy atom. The van der Waals surface area contributed by atoms with Crippen molar-refractivity contribution in [3.05, 3.63) is 78.9 Å². The van der Waals surface area contributed by atoms with E-state index in [0.717, 1.165) is 5.56 Å². The summed E-state index contributed by atoms with van der Waals surface area (Å²) in [6.45, 7) is 3.91. The zero-order valence-corrected chi connectivity index (χ0v) is 19.0. The standard InChI is InChI=1S/C22H21Cl2N5O3/c1-13(2)25-19(30)9-10-27-20(31)16-11-15(23)7-8-18(16)29-21(27)26-28(22(29)32)12-14-5-3-4-6-17(14)24/h3-8,11,13H,9-10,12H2,1-2H3,(H,25,30). The fourth-order valence-electron chi connectivity index (χ4n) is 3.59. The fourth-order valence-corrected chi connectivity index (χ4v) is 3.96. The third-order valence-corrected chi connectivity index (χ3v) is 5.63. The molecule has 0 unspecified atom stereocenters. The van der Waals surface area contributed by atoms with Gasteiger partial charge in [0.25, 0.3) is 5.56 Å². The van der Waals surface area contributed by atoms with E-state index >= 15 is 0 Å². The van der Waals surface area contributed by atoms with Crippen molar-refractivity contribution in [2.45, 2.75) is 39.4 Å². The lowest BCUT2D eigenvalue weighted by Crippen LogP contribution is -2.32. The second-order valence-electron chi connectivity index (χ2n) is 7.76. The lowest BCUT2D eigenvalue weighted by Gasteiger charge is -2.11. The summed E-state index contributed by atoms with van der Waals surface area (Å²) in [5.41, 5.74) is 0.319. The molecule has 4 aromatic rings. The summed E-state index contributed by atoms with van der Waals surface area (Å²) in [4.78, 5) is 38.7. The quantitative estimate of drug-likeness (QED) is 0.465. The molecule has 8 nitrogen and oxygen atoms in total. The van der Waals surface area contributed by atoms with Crippen LogP contribution in [0, 0.1) is 0 Å². The maximum Gasteiger partial charge on any atom is 0.352 e. The summed E-state index contributed by atoms with van der Waals surface area (Å²) >= 11 is 12.4. The lowest BCUT2D eigenvalue weighted by molar-refractivity contribution is -0.121. The molecule has 0 aliphatic heterocycles. The minimum Gasteiger partial charge on any atom is -0.354 e. The van der Waals surface area contributed by atoms with Crippen LogP contribution in [0.4, 0.5) is 0 Å². The van der Waals surface area contributed by atoms with E-state index in [1.165, 1.54) is 19.7 Å². The number of rotatable bonds is 6. The first kappa shape index (κ1) is 22.1. The van der Waals surface area contributed by atoms with Gasteiger partial charge in [0.2, 0.25) is 11.7 Å². The molecule has 32 heavy (non-hydrogen) atoms. The van der Waals surface area contributed by atoms with Crippen LogP contribution in [0.5, 0.6) is 0 Å². The summed E-state index contributed by atoms with van der Waals surface area (Å²) in [6.07, 6.45) is 0.0609. The van der Waals surface area contributed by atoms with Crippen molar-refractivity contribution in [2.24, 2.45) is 0 Å². The molecule has 2 aromatic carbocycles. The van der Waals surface area contributed by atoms with Crippen LogP contribution in [0.1, 0.15) is 25.8 Å². The monoisotopic (exact) mass is 473 g/mol. The summed E-state index contributed by atoms with van der Waals surface area (Å²) in [6, 6.07) is 11.9. The van der Waals surface area contributed by atoms with E-state index in [4.69, 9.17) is 23.2 Å². The first-order chi connectivity index (χ1) is 15.3. The fraction of sp³-hybridized carbons (Fsp3) is 0.273. The first-order valence-electron chi connectivity index (χ1n) is 10.1. The van der Waals surface area contributed by atoms with Crippen LogP contribution >= 0.6 is 23.2 Å². The summed E-state index contributed by atoms with van der Waals surface area (Å²) in [5.74, 6) is -0.0479. The number of carbonyl (C=O) groups is 1. The molecule has 166 valence electrons. The highest BCUT2D eigenvalue weighted by Crippen LogP contribution is 2.18. The normalized spacial score (nSPS) is 11.5. The SMILES string of the molecule is CC(C)NC(=O)CCn1c(=O)c2cc(Cl)ccc2n2c(=O)n(Cc3ccccc3Cl)nc12. The van der Waals surface area contributed by atoms with Gasteiger partial charge in [-0.2, -0.15) is 0 Å². The molecule has 0 aliphatic rings. The Hall–Kier alpha value is -3.10. The van der Waals surface area contributed by atoms with Crippen molar-refractivity contribution >= 4 is 45.8 Å². The minimum absolute atomic E-state index is 0.0212. The Balaban J connectivity index is 1.90. The largest absolute Gasteiger partial charge is 0.354 e. The average molecular weight is 474 g/mol. The van der Waals surface area contributed by atoms with Gasteiger partial charge in [-0.15, -0.1) is 5.10 Å². The van der Waals surface area contributed by atoms with Gasteiger partial charge in [-0.3, -0.25) is 14.2 Å². The summed E-state index contributed by atoms with van der Waals surface area (Å²) < 4.78 is 3.96. The zero-order chi connectivity index (χ0) is 23.0. The number of carbonyl (C=O) groups excluding carboxylic acids is 1. The second kappa shape index (κ2) is 8.80. The molecular formula is C22H21Cl2N5O3. The van der Waals surface area contributed by atoms with Crippen molar-refractivity contribution in [1.82, 2.24) is 24.1 Å². The first-order valence-corrected chi connectivity index (χ1v) is 10.9. The number of hydrogen-bond acceptors (Lipinski definition) is 4. The van der Waals surface area contributed by atoms with Gasteiger partial charge in [0.15, 0.2) is 0 Å². The third kappa shape index (κ3) is 4.16. The Morgan fingerprint density at radius 2 is 1.88 bits per heavy atom. The van der Waals surface area contributed by atoms with Gasteiger partial charge >= 0.3 is 5.69 Å². The molecule has 2 heterocycles. The molecule has 0 saturated heterocycles. The number of fused-ring (bicyclic) bond motifs is 3. The number of benzene rings is 2. The van der Waals surface area contributed by atoms with E-state index in [-0.39, 0.29) is 48.2 Å². The van der Waals surface area contributed by atoms with Crippen molar-refractivity contribution < 1.29 is 4.79 Å². The highest BCUT2D eigenvalue weighted by atomic mass is 35.5.